The Bertz CT molecular complexity index is 490. The van der Waals surface area contributed by atoms with Crippen LogP contribution in [0.15, 0.2) is 36.9 Å². The number of rotatable bonds is 3. The fourth-order valence-corrected chi connectivity index (χ4v) is 2.52. The van der Waals surface area contributed by atoms with Gasteiger partial charge in [-0.25, -0.2) is 4.39 Å². The number of benzene rings is 1. The van der Waals surface area contributed by atoms with E-state index in [0.29, 0.717) is 18.0 Å². The largest absolute Gasteiger partial charge is 0.339 e. The highest BCUT2D eigenvalue weighted by Crippen LogP contribution is 2.31. The first-order valence-electron chi connectivity index (χ1n) is 6.62. The van der Waals surface area contributed by atoms with Crippen molar-refractivity contribution < 1.29 is 9.18 Å². The molecule has 19 heavy (non-hydrogen) atoms. The van der Waals surface area contributed by atoms with Crippen LogP contribution in [0.2, 0.25) is 0 Å². The molecule has 1 saturated heterocycles. The van der Waals surface area contributed by atoms with E-state index < -0.39 is 5.67 Å². The molecule has 1 heterocycles. The van der Waals surface area contributed by atoms with Crippen LogP contribution in [0.25, 0.3) is 0 Å². The zero-order valence-corrected chi connectivity index (χ0v) is 11.5. The number of carbonyl (C=O) groups excluding carboxylic acids is 1. The summed E-state index contributed by atoms with van der Waals surface area (Å²) in [6.07, 6.45) is 2.28. The van der Waals surface area contributed by atoms with E-state index in [-0.39, 0.29) is 5.91 Å². The summed E-state index contributed by atoms with van der Waals surface area (Å²) in [5, 5.41) is 0. The van der Waals surface area contributed by atoms with E-state index in [1.165, 1.54) is 6.08 Å². The molecular formula is C16H20FNO. The molecule has 0 saturated carbocycles. The van der Waals surface area contributed by atoms with Gasteiger partial charge in [-0.05, 0) is 37.5 Å². The lowest BCUT2D eigenvalue weighted by atomic mass is 9.92. The summed E-state index contributed by atoms with van der Waals surface area (Å²) in [5.41, 5.74) is 0.478. The zero-order valence-electron chi connectivity index (χ0n) is 11.5. The van der Waals surface area contributed by atoms with Crippen LogP contribution in [0.3, 0.4) is 0 Å². The Hall–Kier alpha value is -1.64. The van der Waals surface area contributed by atoms with Crippen LogP contribution in [0.4, 0.5) is 4.39 Å². The van der Waals surface area contributed by atoms with Crippen LogP contribution in [-0.2, 0) is 10.5 Å². The lowest BCUT2D eigenvalue weighted by Crippen LogP contribution is -2.26. The van der Waals surface area contributed by atoms with Crippen LogP contribution in [0.5, 0.6) is 0 Å². The molecule has 2 rings (SSSR count). The molecule has 1 amide bonds. The van der Waals surface area contributed by atoms with Crippen molar-refractivity contribution in [2.75, 3.05) is 13.1 Å². The highest BCUT2D eigenvalue weighted by atomic mass is 19.1. The Kier molecular flexibility index (Phi) is 3.74. The van der Waals surface area contributed by atoms with Gasteiger partial charge in [-0.1, -0.05) is 30.8 Å². The fourth-order valence-electron chi connectivity index (χ4n) is 2.52. The molecule has 1 fully saturated rings. The normalized spacial score (nSPS) is 19.5. The quantitative estimate of drug-likeness (QED) is 0.764. The number of nitrogens with zero attached hydrogens (tertiary/aromatic N) is 1. The molecule has 2 nitrogen and oxygen atoms in total. The smallest absolute Gasteiger partial charge is 0.245 e. The third-order valence-electron chi connectivity index (χ3n) is 3.72. The molecule has 0 aromatic heterocycles. The Morgan fingerprint density at radius 3 is 2.89 bits per heavy atom. The maximum atomic E-state index is 14.0. The summed E-state index contributed by atoms with van der Waals surface area (Å²) in [7, 11) is 0. The van der Waals surface area contributed by atoms with Crippen molar-refractivity contribution in [2.24, 2.45) is 0 Å². The number of hydrogen-bond donors (Lipinski definition) is 0. The summed E-state index contributed by atoms with van der Waals surface area (Å²) in [6, 6.07) is 7.64. The molecular weight excluding hydrogens is 241 g/mol. The lowest BCUT2D eigenvalue weighted by Gasteiger charge is -2.18. The van der Waals surface area contributed by atoms with Crippen LogP contribution >= 0.6 is 0 Å². The van der Waals surface area contributed by atoms with Crippen molar-refractivity contribution in [1.29, 1.82) is 0 Å². The van der Waals surface area contributed by atoms with Crippen molar-refractivity contribution in [3.05, 3.63) is 48.0 Å². The Morgan fingerprint density at radius 2 is 2.26 bits per heavy atom. The predicted octanol–water partition coefficient (Wildman–Crippen LogP) is 3.39. The van der Waals surface area contributed by atoms with E-state index >= 15 is 0 Å². The topological polar surface area (TPSA) is 20.3 Å². The first-order chi connectivity index (χ1) is 8.91. The van der Waals surface area contributed by atoms with Gasteiger partial charge in [0.25, 0.3) is 0 Å². The van der Waals surface area contributed by atoms with Crippen molar-refractivity contribution in [3.63, 3.8) is 0 Å². The van der Waals surface area contributed by atoms with Gasteiger partial charge in [-0.15, -0.1) is 0 Å². The average Bonchev–Trinajstić information content (AvgIpc) is 2.86. The molecule has 0 aliphatic carbocycles. The average molecular weight is 261 g/mol. The summed E-state index contributed by atoms with van der Waals surface area (Å²) in [4.78, 5) is 13.4. The van der Waals surface area contributed by atoms with Crippen molar-refractivity contribution in [1.82, 2.24) is 4.90 Å². The van der Waals surface area contributed by atoms with Gasteiger partial charge in [-0.3, -0.25) is 4.79 Å². The van der Waals surface area contributed by atoms with Gasteiger partial charge < -0.3 is 4.90 Å². The van der Waals surface area contributed by atoms with Crippen LogP contribution in [-0.4, -0.2) is 23.9 Å². The third-order valence-corrected chi connectivity index (χ3v) is 3.72. The Balaban J connectivity index is 2.16. The lowest BCUT2D eigenvalue weighted by molar-refractivity contribution is -0.125. The van der Waals surface area contributed by atoms with E-state index in [4.69, 9.17) is 0 Å². The van der Waals surface area contributed by atoms with E-state index in [1.54, 1.807) is 18.7 Å². The molecule has 0 bridgehead atoms. The summed E-state index contributed by atoms with van der Waals surface area (Å²) < 4.78 is 14.0. The first kappa shape index (κ1) is 13.8. The summed E-state index contributed by atoms with van der Waals surface area (Å²) >= 11 is 0. The number of amides is 1. The second-order valence-electron chi connectivity index (χ2n) is 5.57. The Labute approximate surface area is 113 Å². The molecule has 1 aromatic carbocycles. The molecule has 1 unspecified atom stereocenters. The number of likely N-dealkylation sites (tertiary alicyclic amines) is 1. The SMILES string of the molecule is C=CC(=O)N1CCC(c2cccc(C(C)(C)F)c2)C1. The predicted molar refractivity (Wildman–Crippen MR) is 74.7 cm³/mol. The van der Waals surface area contributed by atoms with Crippen LogP contribution in [0.1, 0.15) is 37.3 Å². The minimum absolute atomic E-state index is 0.0236. The molecule has 3 heteroatoms. The maximum absolute atomic E-state index is 14.0. The number of carbonyl (C=O) groups is 1. The molecule has 102 valence electrons. The second-order valence-corrected chi connectivity index (χ2v) is 5.57. The summed E-state index contributed by atoms with van der Waals surface area (Å²) in [6.45, 7) is 8.08. The first-order valence-corrected chi connectivity index (χ1v) is 6.62. The van der Waals surface area contributed by atoms with E-state index in [9.17, 15) is 9.18 Å². The maximum Gasteiger partial charge on any atom is 0.245 e. The van der Waals surface area contributed by atoms with Gasteiger partial charge in [0.15, 0.2) is 0 Å². The monoisotopic (exact) mass is 261 g/mol. The number of hydrogen-bond acceptors (Lipinski definition) is 1. The van der Waals surface area contributed by atoms with Gasteiger partial charge in [0.2, 0.25) is 5.91 Å². The van der Waals surface area contributed by atoms with Crippen LogP contribution in [0, 0.1) is 0 Å². The van der Waals surface area contributed by atoms with Gasteiger partial charge in [-0.2, -0.15) is 0 Å². The second kappa shape index (κ2) is 5.16. The number of alkyl halides is 1. The van der Waals surface area contributed by atoms with Gasteiger partial charge in [0.05, 0.1) is 0 Å². The molecule has 0 radical (unpaired) electrons. The minimum atomic E-state index is -1.33. The molecule has 1 atom stereocenters. The van der Waals surface area contributed by atoms with Crippen molar-refractivity contribution in [3.8, 4) is 0 Å². The molecule has 1 aliphatic heterocycles. The van der Waals surface area contributed by atoms with Gasteiger partial charge >= 0.3 is 0 Å². The highest BCUT2D eigenvalue weighted by molar-refractivity contribution is 5.87. The zero-order chi connectivity index (χ0) is 14.0. The van der Waals surface area contributed by atoms with E-state index in [0.717, 1.165) is 18.5 Å². The number of halogens is 1. The van der Waals surface area contributed by atoms with Gasteiger partial charge in [0.1, 0.15) is 5.67 Å². The highest BCUT2D eigenvalue weighted by Gasteiger charge is 2.27. The Morgan fingerprint density at radius 1 is 1.53 bits per heavy atom. The molecule has 1 aromatic rings. The van der Waals surface area contributed by atoms with Crippen LogP contribution < -0.4 is 0 Å². The summed E-state index contributed by atoms with van der Waals surface area (Å²) in [5.74, 6) is 0.274. The van der Waals surface area contributed by atoms with Crippen molar-refractivity contribution in [2.45, 2.75) is 31.9 Å². The molecule has 1 aliphatic rings. The third kappa shape index (κ3) is 3.03. The fraction of sp³-hybridized carbons (Fsp3) is 0.438. The molecule has 0 N–H and O–H groups in total. The minimum Gasteiger partial charge on any atom is -0.339 e. The van der Waals surface area contributed by atoms with Gasteiger partial charge in [0, 0.05) is 19.0 Å². The standard InChI is InChI=1S/C16H20FNO/c1-4-15(19)18-9-8-13(11-18)12-6-5-7-14(10-12)16(2,3)17/h4-7,10,13H,1,8-9,11H2,2-3H3. The van der Waals surface area contributed by atoms with E-state index in [1.807, 2.05) is 24.3 Å². The van der Waals surface area contributed by atoms with E-state index in [2.05, 4.69) is 6.58 Å². The molecule has 0 spiro atoms. The van der Waals surface area contributed by atoms with Crippen molar-refractivity contribution >= 4 is 5.91 Å².